The highest BCUT2D eigenvalue weighted by Gasteiger charge is 2.40. The van der Waals surface area contributed by atoms with Crippen LogP contribution in [0.5, 0.6) is 0 Å². The standard InChI is InChI=1S/C16H9F4N3O4S/c1-28(26,27)15-12(13(24)10-11(14(15)25)22-5-4-21-10)23-7-2-3-9(17)8(6-7)16(18,19)20/h2-6,23H,1H3. The average Bonchev–Trinajstić information content (AvgIpc) is 2.59. The Balaban J connectivity index is 2.19. The number of hydrogen-bond donors (Lipinski definition) is 1. The number of rotatable bonds is 3. The Kier molecular flexibility index (Phi) is 4.54. The molecule has 1 aliphatic carbocycles. The van der Waals surface area contributed by atoms with Gasteiger partial charge in [-0.05, 0) is 18.2 Å². The molecule has 1 N–H and O–H groups in total. The molecule has 1 aromatic heterocycles. The molecule has 1 heterocycles. The van der Waals surface area contributed by atoms with E-state index >= 15 is 0 Å². The van der Waals surface area contributed by atoms with Gasteiger partial charge in [0.1, 0.15) is 27.8 Å². The highest BCUT2D eigenvalue weighted by molar-refractivity contribution is 7.95. The summed E-state index contributed by atoms with van der Waals surface area (Å²) in [6.45, 7) is 0. The first kappa shape index (κ1) is 19.6. The van der Waals surface area contributed by atoms with E-state index in [0.29, 0.717) is 18.4 Å². The molecule has 1 aliphatic rings. The number of alkyl halides is 3. The molecule has 0 unspecified atom stereocenters. The molecular formula is C16H9F4N3O4S. The summed E-state index contributed by atoms with van der Waals surface area (Å²) in [4.78, 5) is 31.5. The van der Waals surface area contributed by atoms with Gasteiger partial charge in [0.2, 0.25) is 11.6 Å². The molecule has 7 nitrogen and oxygen atoms in total. The van der Waals surface area contributed by atoms with Gasteiger partial charge in [-0.1, -0.05) is 0 Å². The molecule has 0 saturated carbocycles. The minimum Gasteiger partial charge on any atom is -0.351 e. The SMILES string of the molecule is CS(=O)(=O)C1=C(Nc2ccc(F)c(C(F)(F)F)c2)C(=O)c2nccnc2C1=O. The molecule has 146 valence electrons. The number of aromatic nitrogens is 2. The number of carbonyl (C=O) groups is 2. The van der Waals surface area contributed by atoms with E-state index in [1.165, 1.54) is 0 Å². The van der Waals surface area contributed by atoms with Crippen molar-refractivity contribution in [1.82, 2.24) is 9.97 Å². The number of fused-ring (bicyclic) bond motifs is 1. The first-order valence-corrected chi connectivity index (χ1v) is 9.29. The molecule has 0 fully saturated rings. The van der Waals surface area contributed by atoms with Crippen LogP contribution in [0.15, 0.2) is 41.2 Å². The van der Waals surface area contributed by atoms with Crippen molar-refractivity contribution in [2.24, 2.45) is 0 Å². The second-order valence-corrected chi connectivity index (χ2v) is 7.66. The Morgan fingerprint density at radius 2 is 1.57 bits per heavy atom. The van der Waals surface area contributed by atoms with Crippen molar-refractivity contribution in [3.8, 4) is 0 Å². The summed E-state index contributed by atoms with van der Waals surface area (Å²) in [6, 6.07) is 1.71. The highest BCUT2D eigenvalue weighted by Crippen LogP contribution is 2.34. The number of benzene rings is 1. The maximum absolute atomic E-state index is 13.5. The topological polar surface area (TPSA) is 106 Å². The fourth-order valence-corrected chi connectivity index (χ4v) is 3.49. The van der Waals surface area contributed by atoms with Crippen molar-refractivity contribution in [2.75, 3.05) is 11.6 Å². The molecule has 28 heavy (non-hydrogen) atoms. The Morgan fingerprint density at radius 1 is 1.00 bits per heavy atom. The van der Waals surface area contributed by atoms with E-state index in [9.17, 15) is 35.6 Å². The van der Waals surface area contributed by atoms with Crippen molar-refractivity contribution >= 4 is 27.1 Å². The lowest BCUT2D eigenvalue weighted by atomic mass is 10.0. The Hall–Kier alpha value is -3.15. The summed E-state index contributed by atoms with van der Waals surface area (Å²) in [5, 5.41) is 2.19. The maximum atomic E-state index is 13.5. The fourth-order valence-electron chi connectivity index (χ4n) is 2.54. The van der Waals surface area contributed by atoms with Crippen molar-refractivity contribution in [3.05, 3.63) is 64.0 Å². The zero-order valence-corrected chi connectivity index (χ0v) is 14.7. The van der Waals surface area contributed by atoms with Gasteiger partial charge in [0, 0.05) is 24.3 Å². The number of nitrogens with zero attached hydrogens (tertiary/aromatic N) is 2. The molecule has 0 atom stereocenters. The third-order valence-electron chi connectivity index (χ3n) is 3.70. The van der Waals surface area contributed by atoms with Gasteiger partial charge in [-0.15, -0.1) is 0 Å². The first-order valence-electron chi connectivity index (χ1n) is 7.39. The number of carbonyl (C=O) groups excluding carboxylic acids is 2. The minimum atomic E-state index is -5.03. The summed E-state index contributed by atoms with van der Waals surface area (Å²) in [6.07, 6.45) is -2.20. The Bertz CT molecular complexity index is 1160. The van der Waals surface area contributed by atoms with Gasteiger partial charge in [0.15, 0.2) is 9.84 Å². The number of halogens is 4. The lowest BCUT2D eigenvalue weighted by Gasteiger charge is -2.20. The molecule has 0 aliphatic heterocycles. The molecule has 1 aromatic carbocycles. The van der Waals surface area contributed by atoms with Crippen LogP contribution in [0, 0.1) is 5.82 Å². The van der Waals surface area contributed by atoms with Crippen LogP contribution in [0.4, 0.5) is 23.2 Å². The largest absolute Gasteiger partial charge is 0.419 e. The molecule has 0 radical (unpaired) electrons. The maximum Gasteiger partial charge on any atom is 0.419 e. The van der Waals surface area contributed by atoms with Crippen LogP contribution in [0.25, 0.3) is 0 Å². The second-order valence-electron chi connectivity index (χ2n) is 5.71. The number of ketones is 2. The van der Waals surface area contributed by atoms with E-state index in [4.69, 9.17) is 0 Å². The third kappa shape index (κ3) is 3.38. The minimum absolute atomic E-state index is 0.353. The van der Waals surface area contributed by atoms with Gasteiger partial charge in [-0.25, -0.2) is 22.8 Å². The van der Waals surface area contributed by atoms with Crippen molar-refractivity contribution in [3.63, 3.8) is 0 Å². The first-order chi connectivity index (χ1) is 12.9. The molecule has 12 heteroatoms. The summed E-state index contributed by atoms with van der Waals surface area (Å²) in [5.74, 6) is -3.75. The number of Topliss-reactive ketones (excluding diaryl/α,β-unsaturated/α-hetero) is 2. The number of allylic oxidation sites excluding steroid dienone is 2. The van der Waals surface area contributed by atoms with E-state index in [0.717, 1.165) is 18.5 Å². The van der Waals surface area contributed by atoms with E-state index < -0.39 is 66.6 Å². The number of nitrogens with one attached hydrogen (secondary N) is 1. The van der Waals surface area contributed by atoms with E-state index in [2.05, 4.69) is 15.3 Å². The van der Waals surface area contributed by atoms with Gasteiger partial charge < -0.3 is 5.32 Å². The number of anilines is 1. The lowest BCUT2D eigenvalue weighted by Crippen LogP contribution is -2.31. The van der Waals surface area contributed by atoms with Crippen molar-refractivity contribution < 1.29 is 35.6 Å². The summed E-state index contributed by atoms with van der Waals surface area (Å²) >= 11 is 0. The predicted molar refractivity (Wildman–Crippen MR) is 87.6 cm³/mol. The molecule has 0 bridgehead atoms. The monoisotopic (exact) mass is 415 g/mol. The smallest absolute Gasteiger partial charge is 0.351 e. The predicted octanol–water partition coefficient (Wildman–Crippen LogP) is 2.38. The van der Waals surface area contributed by atoms with E-state index in [1.807, 2.05) is 0 Å². The van der Waals surface area contributed by atoms with Crippen LogP contribution in [0.1, 0.15) is 26.5 Å². The van der Waals surface area contributed by atoms with Crippen LogP contribution in [0.2, 0.25) is 0 Å². The number of sulfone groups is 1. The summed E-state index contributed by atoms with van der Waals surface area (Å²) in [7, 11) is -4.28. The molecule has 0 saturated heterocycles. The van der Waals surface area contributed by atoms with Crippen molar-refractivity contribution in [1.29, 1.82) is 0 Å². The van der Waals surface area contributed by atoms with Crippen molar-refractivity contribution in [2.45, 2.75) is 6.18 Å². The van der Waals surface area contributed by atoms with E-state index in [1.54, 1.807) is 0 Å². The van der Waals surface area contributed by atoms with Gasteiger partial charge in [0.05, 0.1) is 5.56 Å². The van der Waals surface area contributed by atoms with Crippen LogP contribution in [0.3, 0.4) is 0 Å². The van der Waals surface area contributed by atoms with Crippen LogP contribution < -0.4 is 5.32 Å². The van der Waals surface area contributed by atoms with Gasteiger partial charge >= 0.3 is 6.18 Å². The summed E-state index contributed by atoms with van der Waals surface area (Å²) < 4.78 is 76.3. The van der Waals surface area contributed by atoms with Crippen LogP contribution >= 0.6 is 0 Å². The normalized spacial score (nSPS) is 14.9. The van der Waals surface area contributed by atoms with Gasteiger partial charge in [-0.3, -0.25) is 9.59 Å². The summed E-state index contributed by atoms with van der Waals surface area (Å²) in [5.41, 5.74) is -3.82. The molecular weight excluding hydrogens is 406 g/mol. The molecule has 0 amide bonds. The second kappa shape index (κ2) is 6.48. The Morgan fingerprint density at radius 3 is 2.11 bits per heavy atom. The molecule has 3 rings (SSSR count). The van der Waals surface area contributed by atoms with E-state index in [-0.39, 0.29) is 0 Å². The number of hydrogen-bond acceptors (Lipinski definition) is 7. The quantitative estimate of drug-likeness (QED) is 0.768. The fraction of sp³-hybridized carbons (Fsp3) is 0.125. The van der Waals surface area contributed by atoms with Gasteiger partial charge in [-0.2, -0.15) is 13.2 Å². The van der Waals surface area contributed by atoms with Gasteiger partial charge in [0.25, 0.3) is 0 Å². The average molecular weight is 415 g/mol. The molecule has 0 spiro atoms. The lowest BCUT2D eigenvalue weighted by molar-refractivity contribution is -0.139. The van der Waals surface area contributed by atoms with Crippen LogP contribution in [-0.4, -0.2) is 36.2 Å². The Labute approximate surface area is 155 Å². The highest BCUT2D eigenvalue weighted by atomic mass is 32.2. The molecule has 2 aromatic rings. The zero-order valence-electron chi connectivity index (χ0n) is 13.8. The third-order valence-corrected chi connectivity index (χ3v) is 4.83. The van der Waals surface area contributed by atoms with Crippen LogP contribution in [-0.2, 0) is 16.0 Å². The zero-order chi connectivity index (χ0) is 20.9.